The van der Waals surface area contributed by atoms with Gasteiger partial charge in [0.2, 0.25) is 0 Å². The molecule has 1 heterocycles. The highest BCUT2D eigenvalue weighted by Crippen LogP contribution is 2.32. The highest BCUT2D eigenvalue weighted by Gasteiger charge is 2.32. The lowest BCUT2D eigenvalue weighted by molar-refractivity contribution is 0.0879. The number of nitrogens with zero attached hydrogens (tertiary/aromatic N) is 3. The summed E-state index contributed by atoms with van der Waals surface area (Å²) in [5.41, 5.74) is 0.255. The molecular formula is C15H16ClFN4O2. The van der Waals surface area contributed by atoms with Crippen molar-refractivity contribution in [2.75, 3.05) is 13.7 Å². The molecule has 1 aliphatic rings. The summed E-state index contributed by atoms with van der Waals surface area (Å²) in [4.78, 5) is 12.3. The fourth-order valence-corrected chi connectivity index (χ4v) is 2.54. The van der Waals surface area contributed by atoms with Gasteiger partial charge in [0.1, 0.15) is 5.69 Å². The third kappa shape index (κ3) is 3.51. The quantitative estimate of drug-likeness (QED) is 0.876. The number of rotatable bonds is 6. The molecule has 0 bridgehead atoms. The van der Waals surface area contributed by atoms with Crippen LogP contribution < -0.4 is 5.32 Å². The molecule has 1 saturated carbocycles. The third-order valence-corrected chi connectivity index (χ3v) is 4.05. The Morgan fingerprint density at radius 3 is 3.04 bits per heavy atom. The molecule has 1 N–H and O–H groups in total. The first-order valence-electron chi connectivity index (χ1n) is 7.26. The molecule has 0 unspecified atom stereocenters. The first-order chi connectivity index (χ1) is 11.1. The van der Waals surface area contributed by atoms with Gasteiger partial charge in [0, 0.05) is 7.11 Å². The van der Waals surface area contributed by atoms with Crippen molar-refractivity contribution in [3.05, 3.63) is 40.9 Å². The molecule has 0 spiro atoms. The van der Waals surface area contributed by atoms with Gasteiger partial charge in [-0.15, -0.1) is 5.10 Å². The second kappa shape index (κ2) is 6.64. The maximum absolute atomic E-state index is 14.0. The number of nitrogens with one attached hydrogen (secondary N) is 1. The topological polar surface area (TPSA) is 69.0 Å². The van der Waals surface area contributed by atoms with Gasteiger partial charge in [0.05, 0.1) is 23.9 Å². The van der Waals surface area contributed by atoms with Gasteiger partial charge < -0.3 is 10.1 Å². The third-order valence-electron chi connectivity index (χ3n) is 3.76. The van der Waals surface area contributed by atoms with Crippen molar-refractivity contribution < 1.29 is 13.9 Å². The molecule has 0 radical (unpaired) electrons. The van der Waals surface area contributed by atoms with E-state index in [1.807, 2.05) is 0 Å². The Labute approximate surface area is 137 Å². The van der Waals surface area contributed by atoms with E-state index in [1.165, 1.54) is 23.0 Å². The summed E-state index contributed by atoms with van der Waals surface area (Å²) in [7, 11) is 1.60. The van der Waals surface area contributed by atoms with Crippen molar-refractivity contribution in [1.82, 2.24) is 20.3 Å². The number of benzene rings is 1. The average molecular weight is 339 g/mol. The van der Waals surface area contributed by atoms with Gasteiger partial charge in [0.25, 0.3) is 5.91 Å². The summed E-state index contributed by atoms with van der Waals surface area (Å²) in [6, 6.07) is 4.51. The summed E-state index contributed by atoms with van der Waals surface area (Å²) >= 11 is 5.75. The zero-order chi connectivity index (χ0) is 16.4. The van der Waals surface area contributed by atoms with E-state index in [-0.39, 0.29) is 28.4 Å². The van der Waals surface area contributed by atoms with Gasteiger partial charge in [-0.2, -0.15) is 0 Å². The molecule has 1 aliphatic carbocycles. The van der Waals surface area contributed by atoms with E-state index >= 15 is 0 Å². The van der Waals surface area contributed by atoms with Crippen LogP contribution in [0.5, 0.6) is 0 Å². The normalized spacial score (nSPS) is 15.4. The van der Waals surface area contributed by atoms with E-state index in [9.17, 15) is 9.18 Å². The van der Waals surface area contributed by atoms with Crippen LogP contribution in [-0.4, -0.2) is 40.7 Å². The van der Waals surface area contributed by atoms with Crippen molar-refractivity contribution in [2.24, 2.45) is 5.92 Å². The van der Waals surface area contributed by atoms with Crippen molar-refractivity contribution in [1.29, 1.82) is 0 Å². The molecule has 23 heavy (non-hydrogen) atoms. The van der Waals surface area contributed by atoms with Crippen LogP contribution in [0.1, 0.15) is 23.3 Å². The van der Waals surface area contributed by atoms with Crippen molar-refractivity contribution in [2.45, 2.75) is 18.9 Å². The number of halogens is 2. The van der Waals surface area contributed by atoms with Crippen molar-refractivity contribution in [3.63, 3.8) is 0 Å². The van der Waals surface area contributed by atoms with Gasteiger partial charge >= 0.3 is 0 Å². The van der Waals surface area contributed by atoms with E-state index in [0.717, 1.165) is 12.8 Å². The maximum Gasteiger partial charge on any atom is 0.273 e. The van der Waals surface area contributed by atoms with Gasteiger partial charge in [-0.25, -0.2) is 9.07 Å². The molecule has 0 saturated heterocycles. The SMILES string of the molecule is COC[C@H](NC(=O)c1cn(-c2cccc(Cl)c2F)nn1)C1CC1. The number of carbonyl (C=O) groups is 1. The van der Waals surface area contributed by atoms with E-state index < -0.39 is 5.82 Å². The summed E-state index contributed by atoms with van der Waals surface area (Å²) in [5.74, 6) is -0.520. The molecule has 1 aromatic carbocycles. The smallest absolute Gasteiger partial charge is 0.273 e. The van der Waals surface area contributed by atoms with Crippen LogP contribution >= 0.6 is 11.6 Å². The van der Waals surface area contributed by atoms with Crippen LogP contribution in [0.2, 0.25) is 5.02 Å². The summed E-state index contributed by atoms with van der Waals surface area (Å²) in [6.07, 6.45) is 3.53. The Balaban J connectivity index is 1.75. The van der Waals surface area contributed by atoms with Crippen molar-refractivity contribution >= 4 is 17.5 Å². The molecule has 1 atom stereocenters. The number of hydrogen-bond acceptors (Lipinski definition) is 4. The second-order valence-electron chi connectivity index (χ2n) is 5.49. The zero-order valence-corrected chi connectivity index (χ0v) is 13.3. The molecule has 0 aliphatic heterocycles. The predicted octanol–water partition coefficient (Wildman–Crippen LogP) is 2.21. The van der Waals surface area contributed by atoms with Crippen LogP contribution in [0.3, 0.4) is 0 Å². The van der Waals surface area contributed by atoms with Gasteiger partial charge in [-0.1, -0.05) is 22.9 Å². The number of methoxy groups -OCH3 is 1. The van der Waals surface area contributed by atoms with Crippen LogP contribution in [0.15, 0.2) is 24.4 Å². The van der Waals surface area contributed by atoms with E-state index in [1.54, 1.807) is 13.2 Å². The molecule has 122 valence electrons. The number of hydrogen-bond donors (Lipinski definition) is 1. The minimum absolute atomic E-state index is 0.0158. The van der Waals surface area contributed by atoms with Crippen LogP contribution in [0.25, 0.3) is 5.69 Å². The van der Waals surface area contributed by atoms with E-state index in [0.29, 0.717) is 12.5 Å². The van der Waals surface area contributed by atoms with Crippen molar-refractivity contribution in [3.8, 4) is 5.69 Å². The number of amides is 1. The molecule has 6 nitrogen and oxygen atoms in total. The molecule has 2 aromatic rings. The van der Waals surface area contributed by atoms with E-state index in [2.05, 4.69) is 15.6 Å². The summed E-state index contributed by atoms with van der Waals surface area (Å²) in [5, 5.41) is 10.5. The highest BCUT2D eigenvalue weighted by atomic mass is 35.5. The Morgan fingerprint density at radius 1 is 1.57 bits per heavy atom. The lowest BCUT2D eigenvalue weighted by atomic mass is 10.2. The van der Waals surface area contributed by atoms with Gasteiger partial charge in [-0.05, 0) is 30.9 Å². The Kier molecular flexibility index (Phi) is 4.58. The minimum atomic E-state index is -0.610. The Bertz CT molecular complexity index is 717. The largest absolute Gasteiger partial charge is 0.383 e. The Morgan fingerprint density at radius 2 is 2.35 bits per heavy atom. The molecule has 3 rings (SSSR count). The number of ether oxygens (including phenoxy) is 1. The molecular weight excluding hydrogens is 323 g/mol. The van der Waals surface area contributed by atoms with Crippen LogP contribution in [0, 0.1) is 11.7 Å². The first-order valence-corrected chi connectivity index (χ1v) is 7.64. The van der Waals surface area contributed by atoms with Crippen LogP contribution in [0.4, 0.5) is 4.39 Å². The first kappa shape index (κ1) is 15.9. The molecule has 1 amide bonds. The lowest BCUT2D eigenvalue weighted by Gasteiger charge is -2.16. The monoisotopic (exact) mass is 338 g/mol. The summed E-state index contributed by atoms with van der Waals surface area (Å²) < 4.78 is 20.3. The molecule has 8 heteroatoms. The molecule has 1 aromatic heterocycles. The Hall–Kier alpha value is -1.99. The fourth-order valence-electron chi connectivity index (χ4n) is 2.37. The zero-order valence-electron chi connectivity index (χ0n) is 12.5. The standard InChI is InChI=1S/C15H16ClFN4O2/c1-23-8-12(9-5-6-9)18-15(22)11-7-21(20-19-11)13-4-2-3-10(16)14(13)17/h2-4,7,9,12H,5-6,8H2,1H3,(H,18,22)/t12-/m0/s1. The number of aromatic nitrogens is 3. The fraction of sp³-hybridized carbons (Fsp3) is 0.400. The maximum atomic E-state index is 14.0. The predicted molar refractivity (Wildman–Crippen MR) is 82.2 cm³/mol. The molecule has 1 fully saturated rings. The van der Waals surface area contributed by atoms with E-state index in [4.69, 9.17) is 16.3 Å². The van der Waals surface area contributed by atoms with Gasteiger partial charge in [-0.3, -0.25) is 4.79 Å². The lowest BCUT2D eigenvalue weighted by Crippen LogP contribution is -2.39. The van der Waals surface area contributed by atoms with Crippen LogP contribution in [-0.2, 0) is 4.74 Å². The minimum Gasteiger partial charge on any atom is -0.383 e. The average Bonchev–Trinajstić information content (AvgIpc) is 3.26. The van der Waals surface area contributed by atoms with Gasteiger partial charge in [0.15, 0.2) is 11.5 Å². The second-order valence-corrected chi connectivity index (χ2v) is 5.90. The highest BCUT2D eigenvalue weighted by molar-refractivity contribution is 6.30. The summed E-state index contributed by atoms with van der Waals surface area (Å²) in [6.45, 7) is 0.452. The number of carbonyl (C=O) groups excluding carboxylic acids is 1.